The normalized spacial score (nSPS) is 10.7. The van der Waals surface area contributed by atoms with E-state index in [9.17, 15) is 13.6 Å². The number of rotatable bonds is 4. The van der Waals surface area contributed by atoms with Crippen LogP contribution in [0.2, 0.25) is 0 Å². The van der Waals surface area contributed by atoms with E-state index in [-0.39, 0.29) is 18.0 Å². The summed E-state index contributed by atoms with van der Waals surface area (Å²) in [6, 6.07) is 3.29. The van der Waals surface area contributed by atoms with Crippen LogP contribution in [0.1, 0.15) is 0 Å². The van der Waals surface area contributed by atoms with E-state index in [1.54, 1.807) is 13.2 Å². The number of anilines is 1. The summed E-state index contributed by atoms with van der Waals surface area (Å²) in [5, 5.41) is 14.0. The number of aromatic nitrogens is 5. The van der Waals surface area contributed by atoms with E-state index in [1.165, 1.54) is 27.8 Å². The van der Waals surface area contributed by atoms with Crippen LogP contribution < -0.4 is 5.32 Å². The molecule has 118 valence electrons. The molecule has 0 saturated carbocycles. The largest absolute Gasteiger partial charge is 0.306 e. The third-order valence-corrected chi connectivity index (χ3v) is 3.05. The van der Waals surface area contributed by atoms with Crippen molar-refractivity contribution in [2.24, 2.45) is 7.05 Å². The van der Waals surface area contributed by atoms with Crippen molar-refractivity contribution >= 4 is 11.7 Å². The van der Waals surface area contributed by atoms with E-state index >= 15 is 0 Å². The lowest BCUT2D eigenvalue weighted by molar-refractivity contribution is -0.116. The summed E-state index contributed by atoms with van der Waals surface area (Å²) >= 11 is 0. The molecule has 23 heavy (non-hydrogen) atoms. The molecule has 9 heteroatoms. The zero-order chi connectivity index (χ0) is 16.4. The van der Waals surface area contributed by atoms with Crippen LogP contribution in [0.15, 0.2) is 36.8 Å². The Labute approximate surface area is 129 Å². The Morgan fingerprint density at radius 2 is 2.13 bits per heavy atom. The maximum absolute atomic E-state index is 13.7. The van der Waals surface area contributed by atoms with Crippen LogP contribution in [0, 0.1) is 11.6 Å². The Kier molecular flexibility index (Phi) is 3.83. The number of amides is 1. The molecule has 0 aliphatic carbocycles. The molecule has 0 aliphatic heterocycles. The number of hydrogen-bond donors (Lipinski definition) is 1. The van der Waals surface area contributed by atoms with Crippen LogP contribution in [0.4, 0.5) is 14.6 Å². The highest BCUT2D eigenvalue weighted by atomic mass is 19.1. The zero-order valence-corrected chi connectivity index (χ0v) is 12.1. The monoisotopic (exact) mass is 318 g/mol. The number of halogens is 2. The quantitative estimate of drug-likeness (QED) is 0.792. The Morgan fingerprint density at radius 3 is 2.83 bits per heavy atom. The molecule has 3 rings (SSSR count). The van der Waals surface area contributed by atoms with Gasteiger partial charge in [-0.25, -0.2) is 8.78 Å². The second-order valence-corrected chi connectivity index (χ2v) is 4.88. The van der Waals surface area contributed by atoms with Gasteiger partial charge in [-0.15, -0.1) is 5.10 Å². The molecule has 0 aliphatic rings. The van der Waals surface area contributed by atoms with E-state index in [0.29, 0.717) is 11.4 Å². The standard InChI is InChI=1S/C14H12F2N6O/c1-21-7-13(19-20-21)18-14(23)8-22-6-9(5-17-22)11-3-2-10(15)4-12(11)16/h2-7H,8H2,1H3,(H,18,23). The highest BCUT2D eigenvalue weighted by Crippen LogP contribution is 2.22. The molecular weight excluding hydrogens is 306 g/mol. The van der Waals surface area contributed by atoms with E-state index in [4.69, 9.17) is 0 Å². The molecule has 1 N–H and O–H groups in total. The van der Waals surface area contributed by atoms with Gasteiger partial charge in [-0.3, -0.25) is 14.2 Å². The summed E-state index contributed by atoms with van der Waals surface area (Å²) in [4.78, 5) is 11.9. The highest BCUT2D eigenvalue weighted by Gasteiger charge is 2.11. The lowest BCUT2D eigenvalue weighted by atomic mass is 10.1. The topological polar surface area (TPSA) is 77.6 Å². The minimum atomic E-state index is -0.687. The number of carbonyl (C=O) groups excluding carboxylic acids is 1. The molecule has 0 atom stereocenters. The van der Waals surface area contributed by atoms with Gasteiger partial charge in [0.1, 0.15) is 18.2 Å². The fourth-order valence-corrected chi connectivity index (χ4v) is 2.05. The number of benzene rings is 1. The molecule has 1 aromatic carbocycles. The third kappa shape index (κ3) is 3.39. The van der Waals surface area contributed by atoms with Gasteiger partial charge in [-0.1, -0.05) is 5.21 Å². The maximum atomic E-state index is 13.7. The predicted molar refractivity (Wildman–Crippen MR) is 77.2 cm³/mol. The molecule has 1 amide bonds. The fourth-order valence-electron chi connectivity index (χ4n) is 2.05. The summed E-state index contributed by atoms with van der Waals surface area (Å²) in [5.74, 6) is -1.36. The first-order chi connectivity index (χ1) is 11.0. The molecular formula is C14H12F2N6O. The van der Waals surface area contributed by atoms with Gasteiger partial charge in [0.05, 0.1) is 12.4 Å². The molecule has 3 aromatic rings. The van der Waals surface area contributed by atoms with Crippen molar-refractivity contribution in [3.63, 3.8) is 0 Å². The summed E-state index contributed by atoms with van der Waals surface area (Å²) in [6.07, 6.45) is 4.47. The average Bonchev–Trinajstić information content (AvgIpc) is 3.08. The fraction of sp³-hybridized carbons (Fsp3) is 0.143. The number of aryl methyl sites for hydroxylation is 1. The van der Waals surface area contributed by atoms with Crippen LogP contribution in [-0.4, -0.2) is 30.7 Å². The molecule has 0 radical (unpaired) electrons. The van der Waals surface area contributed by atoms with Gasteiger partial charge in [0, 0.05) is 30.4 Å². The molecule has 0 fully saturated rings. The number of hydrogen-bond acceptors (Lipinski definition) is 4. The van der Waals surface area contributed by atoms with Crippen LogP contribution in [-0.2, 0) is 18.4 Å². The van der Waals surface area contributed by atoms with Crippen LogP contribution in [0.25, 0.3) is 11.1 Å². The summed E-state index contributed by atoms with van der Waals surface area (Å²) in [5.41, 5.74) is 0.668. The highest BCUT2D eigenvalue weighted by molar-refractivity contribution is 5.89. The van der Waals surface area contributed by atoms with E-state index < -0.39 is 11.6 Å². The third-order valence-electron chi connectivity index (χ3n) is 3.05. The van der Waals surface area contributed by atoms with Gasteiger partial charge in [0.15, 0.2) is 5.82 Å². The van der Waals surface area contributed by atoms with E-state index in [1.807, 2.05) is 0 Å². The molecule has 0 saturated heterocycles. The number of nitrogens with one attached hydrogen (secondary N) is 1. The lowest BCUT2D eigenvalue weighted by Crippen LogP contribution is -2.19. The van der Waals surface area contributed by atoms with Crippen molar-refractivity contribution in [3.8, 4) is 11.1 Å². The first-order valence-electron chi connectivity index (χ1n) is 6.65. The van der Waals surface area contributed by atoms with Crippen LogP contribution >= 0.6 is 0 Å². The minimum Gasteiger partial charge on any atom is -0.306 e. The van der Waals surface area contributed by atoms with Crippen molar-refractivity contribution in [1.82, 2.24) is 24.8 Å². The van der Waals surface area contributed by atoms with Crippen molar-refractivity contribution in [2.45, 2.75) is 6.54 Å². The number of nitrogens with zero attached hydrogens (tertiary/aromatic N) is 5. The molecule has 0 spiro atoms. The SMILES string of the molecule is Cn1cc(NC(=O)Cn2cc(-c3ccc(F)cc3F)cn2)nn1. The number of carbonyl (C=O) groups is 1. The maximum Gasteiger partial charge on any atom is 0.247 e. The Morgan fingerprint density at radius 1 is 1.30 bits per heavy atom. The predicted octanol–water partition coefficient (Wildman–Crippen LogP) is 1.60. The summed E-state index contributed by atoms with van der Waals surface area (Å²) in [7, 11) is 1.68. The first kappa shape index (κ1) is 14.8. The van der Waals surface area contributed by atoms with E-state index in [0.717, 1.165) is 12.1 Å². The lowest BCUT2D eigenvalue weighted by Gasteiger charge is -2.02. The van der Waals surface area contributed by atoms with Gasteiger partial charge >= 0.3 is 0 Å². The van der Waals surface area contributed by atoms with E-state index in [2.05, 4.69) is 20.7 Å². The zero-order valence-electron chi connectivity index (χ0n) is 12.1. The van der Waals surface area contributed by atoms with Crippen molar-refractivity contribution < 1.29 is 13.6 Å². The molecule has 7 nitrogen and oxygen atoms in total. The van der Waals surface area contributed by atoms with Gasteiger partial charge < -0.3 is 5.32 Å². The molecule has 0 bridgehead atoms. The van der Waals surface area contributed by atoms with Crippen molar-refractivity contribution in [1.29, 1.82) is 0 Å². The molecule has 0 unspecified atom stereocenters. The van der Waals surface area contributed by atoms with Gasteiger partial charge in [0.25, 0.3) is 0 Å². The Balaban J connectivity index is 1.70. The second kappa shape index (κ2) is 5.95. The second-order valence-electron chi connectivity index (χ2n) is 4.88. The molecule has 2 aromatic heterocycles. The smallest absolute Gasteiger partial charge is 0.247 e. The van der Waals surface area contributed by atoms with Crippen LogP contribution in [0.3, 0.4) is 0 Å². The van der Waals surface area contributed by atoms with Crippen LogP contribution in [0.5, 0.6) is 0 Å². The van der Waals surface area contributed by atoms with Crippen molar-refractivity contribution in [2.75, 3.05) is 5.32 Å². The summed E-state index contributed by atoms with van der Waals surface area (Å²) < 4.78 is 29.5. The Bertz CT molecular complexity index is 857. The van der Waals surface area contributed by atoms with Gasteiger partial charge in [0.2, 0.25) is 5.91 Å². The van der Waals surface area contributed by atoms with Crippen molar-refractivity contribution in [3.05, 3.63) is 48.4 Å². The molecule has 2 heterocycles. The first-order valence-corrected chi connectivity index (χ1v) is 6.65. The summed E-state index contributed by atoms with van der Waals surface area (Å²) in [6.45, 7) is -0.0701. The van der Waals surface area contributed by atoms with Gasteiger partial charge in [-0.2, -0.15) is 5.10 Å². The Hall–Kier alpha value is -3.10. The minimum absolute atomic E-state index is 0.0701. The average molecular weight is 318 g/mol. The van der Waals surface area contributed by atoms with Gasteiger partial charge in [-0.05, 0) is 12.1 Å².